The van der Waals surface area contributed by atoms with E-state index in [1.54, 1.807) is 0 Å². The molecule has 0 atom stereocenters. The number of nitrogens with zero attached hydrogens (tertiary/aromatic N) is 2. The molecule has 0 aliphatic heterocycles. The van der Waals surface area contributed by atoms with Crippen LogP contribution in [0.4, 0.5) is 0 Å². The van der Waals surface area contributed by atoms with Crippen LogP contribution in [0.2, 0.25) is 0 Å². The largest absolute Gasteiger partial charge is 0.352 e. The van der Waals surface area contributed by atoms with E-state index in [0.29, 0.717) is 11.0 Å². The van der Waals surface area contributed by atoms with Crippen LogP contribution in [0.1, 0.15) is 29.6 Å². The summed E-state index contributed by atoms with van der Waals surface area (Å²) in [6.07, 6.45) is 10.3. The van der Waals surface area contributed by atoms with Crippen molar-refractivity contribution in [3.63, 3.8) is 0 Å². The van der Waals surface area contributed by atoms with Crippen LogP contribution < -0.4 is 5.32 Å². The van der Waals surface area contributed by atoms with Gasteiger partial charge in [-0.3, -0.25) is 4.79 Å². The van der Waals surface area contributed by atoms with Gasteiger partial charge in [-0.15, -0.1) is 0 Å². The molecule has 1 fully saturated rings. The van der Waals surface area contributed by atoms with Gasteiger partial charge < -0.3 is 5.32 Å². The Balaban J connectivity index is 1.74. The van der Waals surface area contributed by atoms with Crippen molar-refractivity contribution < 1.29 is 4.79 Å². The second-order valence-corrected chi connectivity index (χ2v) is 5.43. The van der Waals surface area contributed by atoms with Gasteiger partial charge in [0.25, 0.3) is 5.91 Å². The lowest BCUT2D eigenvalue weighted by Gasteiger charge is -2.13. The Morgan fingerprint density at radius 1 is 1.47 bits per heavy atom. The van der Waals surface area contributed by atoms with E-state index in [4.69, 9.17) is 0 Å². The van der Waals surface area contributed by atoms with Crippen LogP contribution in [-0.4, -0.2) is 34.4 Å². The smallest absolute Gasteiger partial charge is 0.254 e. The third-order valence-electron chi connectivity index (χ3n) is 3.17. The number of rotatable bonds is 6. The van der Waals surface area contributed by atoms with Gasteiger partial charge in [0, 0.05) is 18.9 Å². The molecule has 0 spiro atoms. The molecule has 0 saturated heterocycles. The van der Waals surface area contributed by atoms with E-state index in [0.717, 1.165) is 13.0 Å². The maximum atomic E-state index is 11.7. The van der Waals surface area contributed by atoms with E-state index in [1.165, 1.54) is 37.3 Å². The summed E-state index contributed by atoms with van der Waals surface area (Å²) in [5.41, 5.74) is 1.03. The molecule has 0 aromatic carbocycles. The molecule has 1 amide bonds. The molecule has 92 valence electrons. The van der Waals surface area contributed by atoms with E-state index < -0.39 is 0 Å². The summed E-state index contributed by atoms with van der Waals surface area (Å²) >= 11 is 1.89. The van der Waals surface area contributed by atoms with Gasteiger partial charge in [0.1, 0.15) is 6.33 Å². The summed E-state index contributed by atoms with van der Waals surface area (Å²) in [7, 11) is 0. The Labute approximate surface area is 106 Å². The predicted molar refractivity (Wildman–Crippen MR) is 69.0 cm³/mol. The van der Waals surface area contributed by atoms with E-state index in [2.05, 4.69) is 21.5 Å². The topological polar surface area (TPSA) is 54.9 Å². The Bertz CT molecular complexity index is 379. The number of nitrogens with one attached hydrogen (secondary N) is 1. The van der Waals surface area contributed by atoms with Crippen molar-refractivity contribution in [2.45, 2.75) is 19.3 Å². The molecule has 0 unspecified atom stereocenters. The second kappa shape index (κ2) is 5.49. The average Bonchev–Trinajstić information content (AvgIpc) is 3.11. The van der Waals surface area contributed by atoms with Crippen molar-refractivity contribution in [1.82, 2.24) is 15.3 Å². The Hall–Kier alpha value is -1.10. The average molecular weight is 251 g/mol. The molecule has 0 bridgehead atoms. The zero-order chi connectivity index (χ0) is 12.1. The first-order chi connectivity index (χ1) is 8.26. The zero-order valence-corrected chi connectivity index (χ0v) is 10.8. The Kier molecular flexibility index (Phi) is 3.99. The third kappa shape index (κ3) is 3.43. The van der Waals surface area contributed by atoms with E-state index in [-0.39, 0.29) is 5.91 Å². The first-order valence-electron chi connectivity index (χ1n) is 5.78. The molecule has 1 saturated carbocycles. The summed E-state index contributed by atoms with van der Waals surface area (Å²) < 4.78 is 0. The van der Waals surface area contributed by atoms with Crippen LogP contribution in [0.5, 0.6) is 0 Å². The summed E-state index contributed by atoms with van der Waals surface area (Å²) in [6, 6.07) is 0. The quantitative estimate of drug-likeness (QED) is 0.836. The van der Waals surface area contributed by atoms with Crippen LogP contribution in [0.15, 0.2) is 18.7 Å². The zero-order valence-electron chi connectivity index (χ0n) is 9.98. The van der Waals surface area contributed by atoms with Gasteiger partial charge >= 0.3 is 0 Å². The summed E-state index contributed by atoms with van der Waals surface area (Å²) in [5.74, 6) is 1.13. The molecule has 5 heteroatoms. The molecule has 1 heterocycles. The highest BCUT2D eigenvalue weighted by atomic mass is 32.2. The molecule has 1 aromatic heterocycles. The number of carbonyl (C=O) groups is 1. The van der Waals surface area contributed by atoms with Gasteiger partial charge in [0.15, 0.2) is 0 Å². The fourth-order valence-electron chi connectivity index (χ4n) is 1.91. The van der Waals surface area contributed by atoms with E-state index in [1.807, 2.05) is 11.8 Å². The summed E-state index contributed by atoms with van der Waals surface area (Å²) in [6.45, 7) is 0.744. The SMILES string of the molecule is CSCC1(CCNC(=O)c2cncnc2)CC1. The standard InChI is InChI=1S/C12H17N3OS/c1-17-8-12(2-3-12)4-5-15-11(16)10-6-13-9-14-7-10/h6-7,9H,2-5,8H2,1H3,(H,15,16). The van der Waals surface area contributed by atoms with Gasteiger partial charge in [-0.1, -0.05) is 0 Å². The van der Waals surface area contributed by atoms with Crippen LogP contribution >= 0.6 is 11.8 Å². The van der Waals surface area contributed by atoms with Crippen LogP contribution in [0, 0.1) is 5.41 Å². The highest BCUT2D eigenvalue weighted by Crippen LogP contribution is 2.50. The lowest BCUT2D eigenvalue weighted by molar-refractivity contribution is 0.0950. The Morgan fingerprint density at radius 2 is 2.18 bits per heavy atom. The normalized spacial score (nSPS) is 16.5. The maximum absolute atomic E-state index is 11.7. The number of hydrogen-bond acceptors (Lipinski definition) is 4. The third-order valence-corrected chi connectivity index (χ3v) is 4.07. The minimum atomic E-state index is -0.0782. The van der Waals surface area contributed by atoms with Crippen LogP contribution in [0.25, 0.3) is 0 Å². The summed E-state index contributed by atoms with van der Waals surface area (Å²) in [4.78, 5) is 19.4. The number of amides is 1. The minimum Gasteiger partial charge on any atom is -0.352 e. The van der Waals surface area contributed by atoms with Gasteiger partial charge in [-0.2, -0.15) is 11.8 Å². The molecule has 17 heavy (non-hydrogen) atoms. The van der Waals surface area contributed by atoms with Gasteiger partial charge in [-0.25, -0.2) is 9.97 Å². The highest BCUT2D eigenvalue weighted by Gasteiger charge is 2.41. The van der Waals surface area contributed by atoms with Crippen molar-refractivity contribution in [3.8, 4) is 0 Å². The molecule has 4 nitrogen and oxygen atoms in total. The number of hydrogen-bond donors (Lipinski definition) is 1. The van der Waals surface area contributed by atoms with E-state index >= 15 is 0 Å². The predicted octanol–water partition coefficient (Wildman–Crippen LogP) is 1.74. The van der Waals surface area contributed by atoms with E-state index in [9.17, 15) is 4.79 Å². The maximum Gasteiger partial charge on any atom is 0.254 e. The molecular formula is C12H17N3OS. The summed E-state index contributed by atoms with van der Waals surface area (Å²) in [5, 5.41) is 2.93. The van der Waals surface area contributed by atoms with Gasteiger partial charge in [-0.05, 0) is 36.7 Å². The molecular weight excluding hydrogens is 234 g/mol. The number of aromatic nitrogens is 2. The molecule has 1 aliphatic rings. The number of thioether (sulfide) groups is 1. The van der Waals surface area contributed by atoms with Crippen LogP contribution in [0.3, 0.4) is 0 Å². The Morgan fingerprint density at radius 3 is 2.76 bits per heavy atom. The fourth-order valence-corrected chi connectivity index (χ4v) is 2.95. The lowest BCUT2D eigenvalue weighted by atomic mass is 10.1. The minimum absolute atomic E-state index is 0.0782. The molecule has 1 aromatic rings. The lowest BCUT2D eigenvalue weighted by Crippen LogP contribution is -2.27. The second-order valence-electron chi connectivity index (χ2n) is 4.57. The molecule has 2 rings (SSSR count). The van der Waals surface area contributed by atoms with Crippen molar-refractivity contribution in [2.24, 2.45) is 5.41 Å². The van der Waals surface area contributed by atoms with Crippen molar-refractivity contribution >= 4 is 17.7 Å². The van der Waals surface area contributed by atoms with Gasteiger partial charge in [0.2, 0.25) is 0 Å². The molecule has 0 radical (unpaired) electrons. The molecule has 1 aliphatic carbocycles. The van der Waals surface area contributed by atoms with Crippen molar-refractivity contribution in [2.75, 3.05) is 18.6 Å². The van der Waals surface area contributed by atoms with Gasteiger partial charge in [0.05, 0.1) is 5.56 Å². The number of carbonyl (C=O) groups excluding carboxylic acids is 1. The monoisotopic (exact) mass is 251 g/mol. The molecule has 1 N–H and O–H groups in total. The van der Waals surface area contributed by atoms with Crippen molar-refractivity contribution in [1.29, 1.82) is 0 Å². The van der Waals surface area contributed by atoms with Crippen molar-refractivity contribution in [3.05, 3.63) is 24.3 Å². The van der Waals surface area contributed by atoms with Crippen LogP contribution in [-0.2, 0) is 0 Å². The first-order valence-corrected chi connectivity index (χ1v) is 7.17. The highest BCUT2D eigenvalue weighted by molar-refractivity contribution is 7.98. The first kappa shape index (κ1) is 12.4. The fraction of sp³-hybridized carbons (Fsp3) is 0.583.